The van der Waals surface area contributed by atoms with Crippen molar-refractivity contribution in [2.24, 2.45) is 15.9 Å². The first-order valence-corrected chi connectivity index (χ1v) is 16.6. The second-order valence-electron chi connectivity index (χ2n) is 12.7. The predicted molar refractivity (Wildman–Crippen MR) is 197 cm³/mol. The fourth-order valence-electron chi connectivity index (χ4n) is 7.34. The molecule has 5 nitrogen and oxygen atoms in total. The molecule has 232 valence electrons. The van der Waals surface area contributed by atoms with Crippen molar-refractivity contribution in [2.75, 3.05) is 7.05 Å². The molecule has 0 N–H and O–H groups in total. The number of nitrogens with zero attached hydrogens (tertiary/aromatic N) is 4. The lowest BCUT2D eigenvalue weighted by Crippen LogP contribution is -2.38. The minimum atomic E-state index is -0.369. The molecule has 0 spiro atoms. The number of rotatable bonds is 5. The van der Waals surface area contributed by atoms with Crippen molar-refractivity contribution in [2.45, 2.75) is 19.6 Å². The lowest BCUT2D eigenvalue weighted by atomic mass is 9.92. The zero-order valence-electron chi connectivity index (χ0n) is 26.9. The highest BCUT2D eigenvalue weighted by Gasteiger charge is 2.33. The maximum absolute atomic E-state index is 7.05. The number of hydrogen-bond acceptors (Lipinski definition) is 4. The van der Waals surface area contributed by atoms with Crippen LogP contribution in [0.25, 0.3) is 50.4 Å². The van der Waals surface area contributed by atoms with E-state index in [4.69, 9.17) is 14.4 Å². The third kappa shape index (κ3) is 4.54. The second-order valence-corrected chi connectivity index (χ2v) is 12.7. The van der Waals surface area contributed by atoms with Gasteiger partial charge in [0.05, 0.1) is 5.52 Å². The van der Waals surface area contributed by atoms with Crippen LogP contribution < -0.4 is 0 Å². The van der Waals surface area contributed by atoms with E-state index < -0.39 is 0 Å². The Morgan fingerprint density at radius 3 is 1.96 bits per heavy atom. The molecule has 48 heavy (non-hydrogen) atoms. The molecule has 3 heterocycles. The van der Waals surface area contributed by atoms with Crippen molar-refractivity contribution in [3.05, 3.63) is 162 Å². The van der Waals surface area contributed by atoms with Gasteiger partial charge in [-0.15, -0.1) is 0 Å². The van der Waals surface area contributed by atoms with Gasteiger partial charge in [0.2, 0.25) is 6.29 Å². The van der Waals surface area contributed by atoms with Crippen molar-refractivity contribution in [3.63, 3.8) is 0 Å². The minimum absolute atomic E-state index is 0.369. The number of benzene rings is 5. The van der Waals surface area contributed by atoms with E-state index in [0.717, 1.165) is 79.2 Å². The Morgan fingerprint density at radius 2 is 1.29 bits per heavy atom. The molecule has 0 saturated carbocycles. The van der Waals surface area contributed by atoms with Gasteiger partial charge in [-0.3, -0.25) is 0 Å². The molecule has 1 aliphatic carbocycles. The molecule has 7 aromatic rings. The van der Waals surface area contributed by atoms with Crippen molar-refractivity contribution < 1.29 is 4.42 Å². The van der Waals surface area contributed by atoms with Crippen LogP contribution in [0, 0.1) is 5.92 Å². The molecule has 2 atom stereocenters. The molecular weight excluding hydrogens is 589 g/mol. The van der Waals surface area contributed by atoms with Gasteiger partial charge in [-0.25, -0.2) is 9.98 Å². The Morgan fingerprint density at radius 1 is 0.688 bits per heavy atom. The summed E-state index contributed by atoms with van der Waals surface area (Å²) >= 11 is 0. The summed E-state index contributed by atoms with van der Waals surface area (Å²) in [6.07, 6.45) is 5.15. The molecule has 1 aliphatic heterocycles. The van der Waals surface area contributed by atoms with Crippen LogP contribution in [0.4, 0.5) is 0 Å². The van der Waals surface area contributed by atoms with Gasteiger partial charge in [-0.05, 0) is 41.7 Å². The molecule has 2 aromatic heterocycles. The van der Waals surface area contributed by atoms with E-state index in [0.29, 0.717) is 5.92 Å². The molecule has 2 unspecified atom stereocenters. The Kier molecular flexibility index (Phi) is 6.71. The molecule has 5 heteroatoms. The fraction of sp³-hybridized carbons (Fsp3) is 0.116. The molecule has 2 aliphatic rings. The quantitative estimate of drug-likeness (QED) is 0.192. The van der Waals surface area contributed by atoms with Crippen LogP contribution in [0.5, 0.6) is 0 Å². The zero-order chi connectivity index (χ0) is 32.2. The van der Waals surface area contributed by atoms with Gasteiger partial charge in [0.1, 0.15) is 17.2 Å². The summed E-state index contributed by atoms with van der Waals surface area (Å²) < 4.78 is 9.44. The highest BCUT2D eigenvalue weighted by Crippen LogP contribution is 2.47. The summed E-state index contributed by atoms with van der Waals surface area (Å²) in [4.78, 5) is 12.7. The molecule has 5 aromatic carbocycles. The first-order chi connectivity index (χ1) is 23.7. The van der Waals surface area contributed by atoms with Crippen LogP contribution in [0.3, 0.4) is 0 Å². The van der Waals surface area contributed by atoms with Gasteiger partial charge < -0.3 is 13.9 Å². The molecule has 0 radical (unpaired) electrons. The van der Waals surface area contributed by atoms with Gasteiger partial charge in [0.25, 0.3) is 0 Å². The van der Waals surface area contributed by atoms with E-state index >= 15 is 0 Å². The topological polar surface area (TPSA) is 46.0 Å². The lowest BCUT2D eigenvalue weighted by molar-refractivity contribution is 0.289. The standard InChI is InChI=1S/C43H34N4O/c1-28-23-25-35-34(27-28)38-36(26-24-33-37(29-15-7-3-8-16-29)39(48-40(33)38)30-17-9-4-10-18-30)47(35)43-45-41(31-19-11-5-12-20-31)44-42(46(43)2)32-21-13-6-14-22-32/h3-26,28,43H,27H2,1-2H3. The van der Waals surface area contributed by atoms with E-state index in [1.807, 2.05) is 24.3 Å². The molecular formula is C43H34N4O. The van der Waals surface area contributed by atoms with Gasteiger partial charge in [0.15, 0.2) is 5.84 Å². The first-order valence-electron chi connectivity index (χ1n) is 16.6. The number of aromatic nitrogens is 1. The zero-order valence-corrected chi connectivity index (χ0v) is 26.9. The average Bonchev–Trinajstić information content (AvgIpc) is 3.69. The van der Waals surface area contributed by atoms with Crippen molar-refractivity contribution >= 4 is 39.6 Å². The van der Waals surface area contributed by atoms with E-state index in [1.54, 1.807) is 0 Å². The molecule has 0 amide bonds. The summed E-state index contributed by atoms with van der Waals surface area (Å²) in [5, 5.41) is 2.28. The highest BCUT2D eigenvalue weighted by molar-refractivity contribution is 6.15. The van der Waals surface area contributed by atoms with Gasteiger partial charge in [0, 0.05) is 45.8 Å². The predicted octanol–water partition coefficient (Wildman–Crippen LogP) is 10.2. The summed E-state index contributed by atoms with van der Waals surface area (Å²) in [5.74, 6) is 2.90. The summed E-state index contributed by atoms with van der Waals surface area (Å²) in [6, 6.07) is 46.3. The molecule has 9 rings (SSSR count). The first kappa shape index (κ1) is 28.3. The van der Waals surface area contributed by atoms with Gasteiger partial charge in [-0.2, -0.15) is 0 Å². The maximum atomic E-state index is 7.05. The van der Waals surface area contributed by atoms with Crippen LogP contribution in [-0.2, 0) is 6.42 Å². The molecule has 0 fully saturated rings. The summed E-state index contributed by atoms with van der Waals surface area (Å²) in [6.45, 7) is 2.29. The third-order valence-corrected chi connectivity index (χ3v) is 9.60. The smallest absolute Gasteiger partial charge is 0.206 e. The van der Waals surface area contributed by atoms with Crippen LogP contribution in [-0.4, -0.2) is 28.2 Å². The highest BCUT2D eigenvalue weighted by atomic mass is 16.3. The van der Waals surface area contributed by atoms with Crippen molar-refractivity contribution in [1.29, 1.82) is 0 Å². The van der Waals surface area contributed by atoms with Crippen molar-refractivity contribution in [1.82, 2.24) is 9.47 Å². The number of allylic oxidation sites excluding steroid dienone is 1. The number of fused-ring (bicyclic) bond motifs is 5. The average molecular weight is 623 g/mol. The van der Waals surface area contributed by atoms with Gasteiger partial charge >= 0.3 is 0 Å². The molecule has 0 bridgehead atoms. The summed E-state index contributed by atoms with van der Waals surface area (Å²) in [7, 11) is 2.10. The van der Waals surface area contributed by atoms with E-state index in [-0.39, 0.29) is 6.29 Å². The number of hydrogen-bond donors (Lipinski definition) is 0. The fourth-order valence-corrected chi connectivity index (χ4v) is 7.34. The van der Waals surface area contributed by atoms with Crippen LogP contribution in [0.1, 0.15) is 35.6 Å². The monoisotopic (exact) mass is 622 g/mol. The summed E-state index contributed by atoms with van der Waals surface area (Å²) in [5.41, 5.74) is 9.86. The Labute approximate surface area is 279 Å². The van der Waals surface area contributed by atoms with E-state index in [2.05, 4.69) is 145 Å². The van der Waals surface area contributed by atoms with Crippen LogP contribution in [0.15, 0.2) is 154 Å². The number of aliphatic imine (C=N–C) groups is 2. The number of furan rings is 1. The lowest BCUT2D eigenvalue weighted by Gasteiger charge is -2.34. The van der Waals surface area contributed by atoms with Crippen molar-refractivity contribution in [3.8, 4) is 22.5 Å². The van der Waals surface area contributed by atoms with Crippen LogP contribution in [0.2, 0.25) is 0 Å². The largest absolute Gasteiger partial charge is 0.455 e. The minimum Gasteiger partial charge on any atom is -0.455 e. The Hall–Kier alpha value is -5.94. The normalized spacial score (nSPS) is 17.4. The maximum Gasteiger partial charge on any atom is 0.206 e. The molecule has 0 saturated heterocycles. The van der Waals surface area contributed by atoms with E-state index in [9.17, 15) is 0 Å². The number of amidine groups is 2. The SMILES string of the molecule is CC1C=Cc2c(c3c4oc(-c5ccccc5)c(-c5ccccc5)c4ccc3n2C2N=C(c3ccccc3)N=C(c3ccccc3)N2C)C1. The third-order valence-electron chi connectivity index (χ3n) is 9.60. The van der Waals surface area contributed by atoms with E-state index in [1.165, 1.54) is 5.56 Å². The Bertz CT molecular complexity index is 2380. The van der Waals surface area contributed by atoms with Gasteiger partial charge in [-0.1, -0.05) is 134 Å². The Balaban J connectivity index is 1.33. The van der Waals surface area contributed by atoms with Crippen LogP contribution >= 0.6 is 0 Å². The second kappa shape index (κ2) is 11.4.